The second-order valence-electron chi connectivity index (χ2n) is 4.06. The Hall–Kier alpha value is -2.63. The van der Waals surface area contributed by atoms with Gasteiger partial charge in [-0.15, -0.1) is 0 Å². The highest BCUT2D eigenvalue weighted by Crippen LogP contribution is 2.24. The fourth-order valence-electron chi connectivity index (χ4n) is 1.61. The smallest absolute Gasteiger partial charge is 0.335 e. The number of carboxylic acids is 1. The van der Waals surface area contributed by atoms with Crippen molar-refractivity contribution in [2.75, 3.05) is 5.73 Å². The van der Waals surface area contributed by atoms with Gasteiger partial charge in [-0.1, -0.05) is 12.1 Å². The van der Waals surface area contributed by atoms with E-state index in [2.05, 4.69) is 0 Å². The summed E-state index contributed by atoms with van der Waals surface area (Å²) < 4.78 is 31.7. The van der Waals surface area contributed by atoms with Crippen LogP contribution in [0.3, 0.4) is 0 Å². The van der Waals surface area contributed by atoms with E-state index in [4.69, 9.17) is 15.6 Å². The number of carboxylic acid groups (broad SMARTS) is 1. The number of benzene rings is 2. The Morgan fingerprint density at radius 3 is 2.70 bits per heavy atom. The first-order valence-electron chi connectivity index (χ1n) is 5.67. The maximum absolute atomic E-state index is 13.4. The average molecular weight is 279 g/mol. The predicted octanol–water partition coefficient (Wildman–Crippen LogP) is 2.82. The van der Waals surface area contributed by atoms with Gasteiger partial charge in [0, 0.05) is 5.56 Å². The lowest BCUT2D eigenvalue weighted by atomic mass is 10.2. The second kappa shape index (κ2) is 5.56. The van der Waals surface area contributed by atoms with Crippen molar-refractivity contribution in [1.29, 1.82) is 0 Å². The maximum Gasteiger partial charge on any atom is 0.335 e. The standard InChI is InChI=1S/C14H11F2NO3/c15-10-3-1-2-9(13(10)16)7-20-12-6-8(14(18)19)4-5-11(12)17/h1-6H,7,17H2,(H,18,19). The molecule has 0 atom stereocenters. The van der Waals surface area contributed by atoms with E-state index in [0.29, 0.717) is 0 Å². The summed E-state index contributed by atoms with van der Waals surface area (Å²) in [5, 5.41) is 8.86. The molecule has 0 aliphatic rings. The first-order valence-corrected chi connectivity index (χ1v) is 5.67. The number of carbonyl (C=O) groups is 1. The van der Waals surface area contributed by atoms with Crippen molar-refractivity contribution in [2.45, 2.75) is 6.61 Å². The van der Waals surface area contributed by atoms with Crippen LogP contribution in [-0.2, 0) is 6.61 Å². The van der Waals surface area contributed by atoms with E-state index in [-0.39, 0.29) is 29.2 Å². The number of halogens is 2. The molecule has 104 valence electrons. The summed E-state index contributed by atoms with van der Waals surface area (Å²) in [6.45, 7) is -0.253. The van der Waals surface area contributed by atoms with Crippen molar-refractivity contribution >= 4 is 11.7 Å². The summed E-state index contributed by atoms with van der Waals surface area (Å²) in [5.74, 6) is -3.00. The van der Waals surface area contributed by atoms with Gasteiger partial charge in [-0.2, -0.15) is 0 Å². The summed E-state index contributed by atoms with van der Waals surface area (Å²) in [6, 6.07) is 7.66. The molecule has 6 heteroatoms. The van der Waals surface area contributed by atoms with E-state index in [1.165, 1.54) is 30.3 Å². The van der Waals surface area contributed by atoms with Gasteiger partial charge in [-0.25, -0.2) is 13.6 Å². The summed E-state index contributed by atoms with van der Waals surface area (Å²) in [7, 11) is 0. The highest BCUT2D eigenvalue weighted by atomic mass is 19.2. The molecule has 2 rings (SSSR count). The lowest BCUT2D eigenvalue weighted by Crippen LogP contribution is -2.04. The van der Waals surface area contributed by atoms with E-state index in [9.17, 15) is 13.6 Å². The van der Waals surface area contributed by atoms with Crippen LogP contribution in [-0.4, -0.2) is 11.1 Å². The third-order valence-electron chi connectivity index (χ3n) is 2.68. The second-order valence-corrected chi connectivity index (χ2v) is 4.06. The Morgan fingerprint density at radius 1 is 1.25 bits per heavy atom. The van der Waals surface area contributed by atoms with Crippen LogP contribution < -0.4 is 10.5 Å². The quantitative estimate of drug-likeness (QED) is 0.844. The maximum atomic E-state index is 13.4. The molecule has 0 saturated carbocycles. The van der Waals surface area contributed by atoms with Crippen LogP contribution in [0.2, 0.25) is 0 Å². The largest absolute Gasteiger partial charge is 0.487 e. The minimum absolute atomic E-state index is 0.00564. The highest BCUT2D eigenvalue weighted by Gasteiger charge is 2.11. The lowest BCUT2D eigenvalue weighted by molar-refractivity contribution is 0.0696. The number of nitrogens with two attached hydrogens (primary N) is 1. The van der Waals surface area contributed by atoms with E-state index >= 15 is 0 Å². The van der Waals surface area contributed by atoms with Crippen LogP contribution in [0, 0.1) is 11.6 Å². The normalized spacial score (nSPS) is 10.3. The molecule has 3 N–H and O–H groups in total. The molecule has 2 aromatic rings. The Kier molecular flexibility index (Phi) is 3.84. The molecule has 0 heterocycles. The first-order chi connectivity index (χ1) is 9.49. The summed E-state index contributed by atoms with van der Waals surface area (Å²) in [4.78, 5) is 10.8. The van der Waals surface area contributed by atoms with Gasteiger partial charge < -0.3 is 15.6 Å². The first kappa shape index (κ1) is 13.8. The molecule has 2 aromatic carbocycles. The molecule has 0 unspecified atom stereocenters. The predicted molar refractivity (Wildman–Crippen MR) is 68.5 cm³/mol. The van der Waals surface area contributed by atoms with Crippen LogP contribution in [0.5, 0.6) is 5.75 Å². The van der Waals surface area contributed by atoms with Crippen molar-refractivity contribution in [1.82, 2.24) is 0 Å². The fourth-order valence-corrected chi connectivity index (χ4v) is 1.61. The Morgan fingerprint density at radius 2 is 2.00 bits per heavy atom. The SMILES string of the molecule is Nc1ccc(C(=O)O)cc1OCc1cccc(F)c1F. The molecule has 0 fully saturated rings. The Bertz CT molecular complexity index is 659. The summed E-state index contributed by atoms with van der Waals surface area (Å²) in [6.07, 6.45) is 0. The molecule has 0 radical (unpaired) electrons. The van der Waals surface area contributed by atoms with Gasteiger partial charge in [0.15, 0.2) is 11.6 Å². The molecule has 0 amide bonds. The molecular weight excluding hydrogens is 268 g/mol. The van der Waals surface area contributed by atoms with Gasteiger partial charge >= 0.3 is 5.97 Å². The fraction of sp³-hybridized carbons (Fsp3) is 0.0714. The molecule has 0 aromatic heterocycles. The van der Waals surface area contributed by atoms with Crippen LogP contribution >= 0.6 is 0 Å². The lowest BCUT2D eigenvalue weighted by Gasteiger charge is -2.10. The molecular formula is C14H11F2NO3. The van der Waals surface area contributed by atoms with E-state index in [0.717, 1.165) is 6.07 Å². The van der Waals surface area contributed by atoms with E-state index in [1.54, 1.807) is 0 Å². The monoisotopic (exact) mass is 279 g/mol. The van der Waals surface area contributed by atoms with Crippen LogP contribution in [0.4, 0.5) is 14.5 Å². The zero-order valence-electron chi connectivity index (χ0n) is 10.3. The Balaban J connectivity index is 2.20. The molecule has 0 spiro atoms. The van der Waals surface area contributed by atoms with Crippen LogP contribution in [0.1, 0.15) is 15.9 Å². The number of hydrogen-bond donors (Lipinski definition) is 2. The van der Waals surface area contributed by atoms with Crippen LogP contribution in [0.25, 0.3) is 0 Å². The highest BCUT2D eigenvalue weighted by molar-refractivity contribution is 5.89. The third-order valence-corrected chi connectivity index (χ3v) is 2.68. The van der Waals surface area contributed by atoms with E-state index < -0.39 is 17.6 Å². The number of ether oxygens (including phenoxy) is 1. The van der Waals surface area contributed by atoms with Gasteiger partial charge in [-0.3, -0.25) is 0 Å². The van der Waals surface area contributed by atoms with Gasteiger partial charge in [0.25, 0.3) is 0 Å². The van der Waals surface area contributed by atoms with Crippen molar-refractivity contribution in [3.63, 3.8) is 0 Å². The minimum Gasteiger partial charge on any atom is -0.487 e. The zero-order valence-corrected chi connectivity index (χ0v) is 10.3. The minimum atomic E-state index is -1.13. The molecule has 4 nitrogen and oxygen atoms in total. The molecule has 0 saturated heterocycles. The number of hydrogen-bond acceptors (Lipinski definition) is 3. The Labute approximate surface area is 113 Å². The molecule has 0 bridgehead atoms. The van der Waals surface area contributed by atoms with Crippen LogP contribution in [0.15, 0.2) is 36.4 Å². The average Bonchev–Trinajstić information content (AvgIpc) is 2.41. The molecule has 20 heavy (non-hydrogen) atoms. The summed E-state index contributed by atoms with van der Waals surface area (Å²) >= 11 is 0. The topological polar surface area (TPSA) is 72.6 Å². The van der Waals surface area contributed by atoms with Crippen molar-refractivity contribution in [3.8, 4) is 5.75 Å². The van der Waals surface area contributed by atoms with E-state index in [1.807, 2.05) is 0 Å². The molecule has 0 aliphatic heterocycles. The summed E-state index contributed by atoms with van der Waals surface area (Å²) in [5.41, 5.74) is 5.86. The number of anilines is 1. The number of nitrogen functional groups attached to an aromatic ring is 1. The zero-order chi connectivity index (χ0) is 14.7. The number of aromatic carboxylic acids is 1. The van der Waals surface area contributed by atoms with Gasteiger partial charge in [-0.05, 0) is 24.3 Å². The molecule has 0 aliphatic carbocycles. The van der Waals surface area contributed by atoms with Gasteiger partial charge in [0.2, 0.25) is 0 Å². The van der Waals surface area contributed by atoms with Crippen molar-refractivity contribution in [2.24, 2.45) is 0 Å². The number of rotatable bonds is 4. The van der Waals surface area contributed by atoms with Crippen molar-refractivity contribution in [3.05, 3.63) is 59.2 Å². The third kappa shape index (κ3) is 2.85. The van der Waals surface area contributed by atoms with Gasteiger partial charge in [0.1, 0.15) is 12.4 Å². The van der Waals surface area contributed by atoms with Gasteiger partial charge in [0.05, 0.1) is 11.3 Å². The van der Waals surface area contributed by atoms with Crippen molar-refractivity contribution < 1.29 is 23.4 Å².